The molecule has 0 radical (unpaired) electrons. The Balaban J connectivity index is 1.94. The number of nitrogens with one attached hydrogen (secondary N) is 1. The van der Waals surface area contributed by atoms with Crippen LogP contribution in [0, 0.1) is 19.7 Å². The number of methoxy groups -OCH3 is 1. The van der Waals surface area contributed by atoms with Gasteiger partial charge in [0, 0.05) is 36.2 Å². The summed E-state index contributed by atoms with van der Waals surface area (Å²) >= 11 is 6.19. The van der Waals surface area contributed by atoms with E-state index in [1.807, 2.05) is 6.92 Å². The largest absolute Gasteiger partial charge is 0.491 e. The fourth-order valence-electron chi connectivity index (χ4n) is 4.53. The first-order valence-corrected chi connectivity index (χ1v) is 12.6. The van der Waals surface area contributed by atoms with Crippen molar-refractivity contribution < 1.29 is 26.7 Å². The van der Waals surface area contributed by atoms with Gasteiger partial charge in [0.15, 0.2) is 0 Å². The smallest absolute Gasteiger partial charge is 0.434 e. The van der Waals surface area contributed by atoms with E-state index in [-0.39, 0.29) is 36.3 Å². The molecule has 0 amide bonds. The molecule has 2 heterocycles. The predicted octanol–water partition coefficient (Wildman–Crippen LogP) is 3.85. The highest BCUT2D eigenvalue weighted by atomic mass is 35.5. The molecule has 0 bridgehead atoms. The van der Waals surface area contributed by atoms with E-state index in [1.165, 1.54) is 25.3 Å². The number of halogens is 2. The minimum absolute atomic E-state index is 0.0217. The molecule has 0 fully saturated rings. The molecule has 2 aromatic carbocycles. The number of H-pyrrole nitrogens is 1. The van der Waals surface area contributed by atoms with Crippen LogP contribution >= 0.6 is 11.6 Å². The lowest BCUT2D eigenvalue weighted by atomic mass is 9.87. The van der Waals surface area contributed by atoms with E-state index in [9.17, 15) is 13.2 Å². The molecule has 4 rings (SSSR count). The van der Waals surface area contributed by atoms with E-state index in [0.29, 0.717) is 21.7 Å². The quantitative estimate of drug-likeness (QED) is 0.520. The van der Waals surface area contributed by atoms with Gasteiger partial charge in [0.1, 0.15) is 29.1 Å². The first-order chi connectivity index (χ1) is 16.6. The SMILES string of the molecule is COCc1cc(Cl)cc2c1S(=O)(=O)N([C@H](c1n[nH]c(=O)o1)C(C)c1c(F)ccc(C)c1C)CCO2. The molecular formula is C23H25ClFN3O6S. The summed E-state index contributed by atoms with van der Waals surface area (Å²) in [6.45, 7) is 5.09. The highest BCUT2D eigenvalue weighted by Crippen LogP contribution is 2.44. The zero-order chi connectivity index (χ0) is 25.5. The van der Waals surface area contributed by atoms with Crippen molar-refractivity contribution in [2.75, 3.05) is 20.3 Å². The van der Waals surface area contributed by atoms with E-state index >= 15 is 4.39 Å². The molecule has 12 heteroatoms. The number of hydrogen-bond acceptors (Lipinski definition) is 7. The van der Waals surface area contributed by atoms with Crippen LogP contribution in [0.1, 0.15) is 47.0 Å². The Morgan fingerprint density at radius 1 is 1.31 bits per heavy atom. The molecule has 1 aliphatic heterocycles. The summed E-state index contributed by atoms with van der Waals surface area (Å²) in [5.74, 6) is -2.23. The number of hydrogen-bond donors (Lipinski definition) is 1. The van der Waals surface area contributed by atoms with Gasteiger partial charge in [0.05, 0.1) is 6.61 Å². The lowest BCUT2D eigenvalue weighted by Crippen LogP contribution is -2.39. The molecule has 188 valence electrons. The van der Waals surface area contributed by atoms with Crippen LogP contribution in [0.2, 0.25) is 5.02 Å². The Labute approximate surface area is 206 Å². The van der Waals surface area contributed by atoms with Crippen LogP contribution in [0.5, 0.6) is 5.75 Å². The summed E-state index contributed by atoms with van der Waals surface area (Å²) in [6.07, 6.45) is 0. The Morgan fingerprint density at radius 2 is 2.06 bits per heavy atom. The van der Waals surface area contributed by atoms with Crippen LogP contribution in [0.3, 0.4) is 0 Å². The summed E-state index contributed by atoms with van der Waals surface area (Å²) < 4.78 is 60.7. The lowest BCUT2D eigenvalue weighted by molar-refractivity contribution is 0.182. The van der Waals surface area contributed by atoms with E-state index in [2.05, 4.69) is 10.2 Å². The highest BCUT2D eigenvalue weighted by molar-refractivity contribution is 7.89. The number of aromatic amines is 1. The zero-order valence-electron chi connectivity index (χ0n) is 19.6. The maximum atomic E-state index is 15.1. The molecule has 3 aromatic rings. The van der Waals surface area contributed by atoms with Crippen LogP contribution < -0.4 is 10.5 Å². The van der Waals surface area contributed by atoms with Crippen molar-refractivity contribution in [3.05, 3.63) is 73.8 Å². The van der Waals surface area contributed by atoms with Gasteiger partial charge < -0.3 is 13.9 Å². The molecule has 35 heavy (non-hydrogen) atoms. The van der Waals surface area contributed by atoms with Crippen LogP contribution in [0.15, 0.2) is 38.4 Å². The molecule has 0 saturated carbocycles. The molecule has 2 atom stereocenters. The number of ether oxygens (including phenoxy) is 2. The number of benzene rings is 2. The minimum Gasteiger partial charge on any atom is -0.491 e. The third-order valence-corrected chi connectivity index (χ3v) is 8.44. The van der Waals surface area contributed by atoms with E-state index in [0.717, 1.165) is 9.87 Å². The van der Waals surface area contributed by atoms with E-state index in [4.69, 9.17) is 25.5 Å². The van der Waals surface area contributed by atoms with Crippen LogP contribution in [0.4, 0.5) is 4.39 Å². The van der Waals surface area contributed by atoms with Gasteiger partial charge in [0.2, 0.25) is 15.9 Å². The Morgan fingerprint density at radius 3 is 2.71 bits per heavy atom. The van der Waals surface area contributed by atoms with Gasteiger partial charge in [-0.1, -0.05) is 24.6 Å². The second-order valence-electron chi connectivity index (χ2n) is 8.38. The van der Waals surface area contributed by atoms with Gasteiger partial charge in [-0.15, -0.1) is 5.10 Å². The molecule has 1 unspecified atom stereocenters. The molecule has 9 nitrogen and oxygen atoms in total. The van der Waals surface area contributed by atoms with Crippen molar-refractivity contribution in [1.29, 1.82) is 0 Å². The van der Waals surface area contributed by atoms with Crippen molar-refractivity contribution in [3.63, 3.8) is 0 Å². The van der Waals surface area contributed by atoms with Gasteiger partial charge in [-0.2, -0.15) is 4.31 Å². The third-order valence-electron chi connectivity index (χ3n) is 6.21. The zero-order valence-corrected chi connectivity index (χ0v) is 21.2. The van der Waals surface area contributed by atoms with Crippen molar-refractivity contribution in [1.82, 2.24) is 14.5 Å². The predicted molar refractivity (Wildman–Crippen MR) is 126 cm³/mol. The number of sulfonamides is 1. The number of aromatic nitrogens is 2. The summed E-state index contributed by atoms with van der Waals surface area (Å²) in [5, 5.41) is 6.40. The molecule has 0 spiro atoms. The van der Waals surface area contributed by atoms with Gasteiger partial charge in [-0.25, -0.2) is 22.7 Å². The van der Waals surface area contributed by atoms with Gasteiger partial charge >= 0.3 is 5.76 Å². The maximum absolute atomic E-state index is 15.1. The first-order valence-electron chi connectivity index (χ1n) is 10.8. The summed E-state index contributed by atoms with van der Waals surface area (Å²) in [5.41, 5.74) is 2.10. The molecule has 1 aromatic heterocycles. The van der Waals surface area contributed by atoms with E-state index in [1.54, 1.807) is 19.9 Å². The average Bonchev–Trinajstić information content (AvgIpc) is 3.15. The van der Waals surface area contributed by atoms with Crippen LogP contribution in [0.25, 0.3) is 0 Å². The maximum Gasteiger partial charge on any atom is 0.434 e. The summed E-state index contributed by atoms with van der Waals surface area (Å²) in [4.78, 5) is 11.7. The highest BCUT2D eigenvalue weighted by Gasteiger charge is 2.44. The molecular weight excluding hydrogens is 501 g/mol. The Kier molecular flexibility index (Phi) is 7.05. The number of aryl methyl sites for hydroxylation is 1. The third kappa shape index (κ3) is 4.61. The fraction of sp³-hybridized carbons (Fsp3) is 0.391. The van der Waals surface area contributed by atoms with Gasteiger partial charge in [-0.05, 0) is 42.7 Å². The van der Waals surface area contributed by atoms with Crippen LogP contribution in [-0.2, 0) is 21.4 Å². The van der Waals surface area contributed by atoms with Crippen molar-refractivity contribution in [2.24, 2.45) is 0 Å². The summed E-state index contributed by atoms with van der Waals surface area (Å²) in [6, 6.07) is 4.74. The molecule has 1 aliphatic rings. The first kappa shape index (κ1) is 25.4. The topological polar surface area (TPSA) is 115 Å². The van der Waals surface area contributed by atoms with Crippen LogP contribution in [-0.4, -0.2) is 43.2 Å². The number of rotatable bonds is 6. The molecule has 0 aliphatic carbocycles. The lowest BCUT2D eigenvalue weighted by Gasteiger charge is -2.32. The molecule has 0 saturated heterocycles. The monoisotopic (exact) mass is 525 g/mol. The average molecular weight is 526 g/mol. The van der Waals surface area contributed by atoms with Crippen molar-refractivity contribution in [2.45, 2.75) is 44.2 Å². The fourth-order valence-corrected chi connectivity index (χ4v) is 6.71. The Hall–Kier alpha value is -2.73. The summed E-state index contributed by atoms with van der Waals surface area (Å²) in [7, 11) is -2.85. The van der Waals surface area contributed by atoms with Gasteiger partial charge in [0.25, 0.3) is 0 Å². The molecule has 1 N–H and O–H groups in total. The Bertz CT molecular complexity index is 1420. The second-order valence-corrected chi connectivity index (χ2v) is 10.6. The standard InChI is InChI=1S/C23H25ClFN3O6S/c1-12-5-6-17(25)19(13(12)2)14(3)20(22-26-27-23(29)34-22)28-7-8-33-18-10-16(24)9-15(11-32-4)21(18)35(28,30)31/h5-6,9-10,14,20H,7-8,11H2,1-4H3,(H,27,29)/t14?,20-/m0/s1. The second kappa shape index (κ2) is 9.73. The normalized spacial score (nSPS) is 17.3. The van der Waals surface area contributed by atoms with Crippen molar-refractivity contribution >= 4 is 21.6 Å². The van der Waals surface area contributed by atoms with Crippen molar-refractivity contribution in [3.8, 4) is 5.75 Å². The van der Waals surface area contributed by atoms with E-state index < -0.39 is 33.6 Å². The number of fused-ring (bicyclic) bond motifs is 1. The minimum atomic E-state index is -4.28. The number of nitrogens with zero attached hydrogens (tertiary/aromatic N) is 2. The van der Waals surface area contributed by atoms with Gasteiger partial charge in [-0.3, -0.25) is 0 Å².